The van der Waals surface area contributed by atoms with Crippen molar-refractivity contribution in [3.05, 3.63) is 0 Å². The molecule has 0 saturated carbocycles. The smallest absolute Gasteiger partial charge is 0.0402 e. The quantitative estimate of drug-likeness (QED) is 0.166. The molecule has 0 aliphatic heterocycles. The standard InChI is InChI=1S/C30H62.C2H6O/c1-25(2)15-11-19-29(7)23-13-21-27(5)17-9-10-18-28(6)22-14-24-30(8)20-12-16-26(3)4;1-2-3/h25-30H,9-24H2,1-8H3;3H,2H2,1H3. The van der Waals surface area contributed by atoms with E-state index in [0.29, 0.717) is 0 Å². The van der Waals surface area contributed by atoms with Gasteiger partial charge in [0.05, 0.1) is 0 Å². The minimum Gasteiger partial charge on any atom is -0.397 e. The number of aliphatic hydroxyl groups excluding tert-OH is 1. The molecule has 0 aromatic carbocycles. The summed E-state index contributed by atoms with van der Waals surface area (Å²) in [6.45, 7) is 21.3. The van der Waals surface area contributed by atoms with Gasteiger partial charge in [0.15, 0.2) is 0 Å². The van der Waals surface area contributed by atoms with Gasteiger partial charge in [-0.05, 0) is 42.4 Å². The highest BCUT2D eigenvalue weighted by Crippen LogP contribution is 2.24. The molecule has 4 unspecified atom stereocenters. The Balaban J connectivity index is 0. The highest BCUT2D eigenvalue weighted by Gasteiger charge is 2.09. The summed E-state index contributed by atoms with van der Waals surface area (Å²) >= 11 is 0. The molecule has 0 bridgehead atoms. The normalized spacial score (nSPS) is 15.3. The SMILES string of the molecule is CC(C)CCCC(C)CCCC(C)CCCCC(C)CCCC(C)CCCC(C)C.CCO. The number of unbranched alkanes of at least 4 members (excludes halogenated alkanes) is 1. The second-order valence-corrected chi connectivity index (χ2v) is 12.5. The Morgan fingerprint density at radius 3 is 0.758 bits per heavy atom. The zero-order chi connectivity index (χ0) is 25.5. The molecule has 0 fully saturated rings. The predicted molar refractivity (Wildman–Crippen MR) is 153 cm³/mol. The summed E-state index contributed by atoms with van der Waals surface area (Å²) in [6, 6.07) is 0. The fourth-order valence-corrected chi connectivity index (χ4v) is 4.94. The molecule has 1 N–H and O–H groups in total. The van der Waals surface area contributed by atoms with Crippen LogP contribution in [0.4, 0.5) is 0 Å². The summed E-state index contributed by atoms with van der Waals surface area (Å²) < 4.78 is 0. The molecule has 202 valence electrons. The lowest BCUT2D eigenvalue weighted by atomic mass is 9.90. The molecule has 0 heterocycles. The third-order valence-electron chi connectivity index (χ3n) is 7.39. The number of hydrogen-bond acceptors (Lipinski definition) is 1. The van der Waals surface area contributed by atoms with E-state index in [2.05, 4.69) is 55.4 Å². The second-order valence-electron chi connectivity index (χ2n) is 12.5. The molecule has 0 rings (SSSR count). The third kappa shape index (κ3) is 29.9. The lowest BCUT2D eigenvalue weighted by Crippen LogP contribution is -2.01. The van der Waals surface area contributed by atoms with Crippen LogP contribution >= 0.6 is 0 Å². The average molecular weight is 469 g/mol. The van der Waals surface area contributed by atoms with E-state index in [1.807, 2.05) is 0 Å². The molecule has 0 aliphatic rings. The molecule has 1 nitrogen and oxygen atoms in total. The fraction of sp³-hybridized carbons (Fsp3) is 1.00. The summed E-state index contributed by atoms with van der Waals surface area (Å²) in [6.07, 6.45) is 23.2. The lowest BCUT2D eigenvalue weighted by molar-refractivity contribution is 0.318. The third-order valence-corrected chi connectivity index (χ3v) is 7.39. The first-order valence-electron chi connectivity index (χ1n) is 15.2. The van der Waals surface area contributed by atoms with Crippen LogP contribution in [0.5, 0.6) is 0 Å². The van der Waals surface area contributed by atoms with Crippen molar-refractivity contribution in [3.63, 3.8) is 0 Å². The van der Waals surface area contributed by atoms with Crippen LogP contribution in [0, 0.1) is 35.5 Å². The van der Waals surface area contributed by atoms with Crippen molar-refractivity contribution in [1.82, 2.24) is 0 Å². The Kier molecular flexibility index (Phi) is 26.7. The van der Waals surface area contributed by atoms with Crippen LogP contribution in [0.3, 0.4) is 0 Å². The van der Waals surface area contributed by atoms with Crippen molar-refractivity contribution in [3.8, 4) is 0 Å². The molecule has 0 saturated heterocycles. The summed E-state index contributed by atoms with van der Waals surface area (Å²) in [5, 5.41) is 7.57. The molecule has 0 aromatic rings. The van der Waals surface area contributed by atoms with E-state index in [1.54, 1.807) is 6.92 Å². The van der Waals surface area contributed by atoms with E-state index in [-0.39, 0.29) is 6.61 Å². The first-order chi connectivity index (χ1) is 15.6. The maximum absolute atomic E-state index is 7.57. The van der Waals surface area contributed by atoms with E-state index in [1.165, 1.54) is 103 Å². The van der Waals surface area contributed by atoms with Gasteiger partial charge in [0.2, 0.25) is 0 Å². The highest BCUT2D eigenvalue weighted by molar-refractivity contribution is 4.62. The van der Waals surface area contributed by atoms with Crippen LogP contribution in [0.15, 0.2) is 0 Å². The van der Waals surface area contributed by atoms with E-state index in [9.17, 15) is 0 Å². The fourth-order valence-electron chi connectivity index (χ4n) is 4.94. The molecule has 1 heteroatoms. The van der Waals surface area contributed by atoms with E-state index >= 15 is 0 Å². The van der Waals surface area contributed by atoms with Gasteiger partial charge < -0.3 is 5.11 Å². The molecule has 0 radical (unpaired) electrons. The van der Waals surface area contributed by atoms with Crippen molar-refractivity contribution in [1.29, 1.82) is 0 Å². The number of aliphatic hydroxyl groups is 1. The molecule has 0 amide bonds. The van der Waals surface area contributed by atoms with Crippen LogP contribution in [0.25, 0.3) is 0 Å². The zero-order valence-corrected chi connectivity index (χ0v) is 24.9. The Morgan fingerprint density at radius 1 is 0.364 bits per heavy atom. The lowest BCUT2D eigenvalue weighted by Gasteiger charge is -2.16. The largest absolute Gasteiger partial charge is 0.397 e. The average Bonchev–Trinajstić information content (AvgIpc) is 2.71. The molecule has 0 spiro atoms. The van der Waals surface area contributed by atoms with E-state index in [0.717, 1.165) is 35.5 Å². The maximum atomic E-state index is 7.57. The van der Waals surface area contributed by atoms with Crippen molar-refractivity contribution in [2.75, 3.05) is 6.61 Å². The van der Waals surface area contributed by atoms with Gasteiger partial charge >= 0.3 is 0 Å². The number of rotatable bonds is 21. The van der Waals surface area contributed by atoms with E-state index < -0.39 is 0 Å². The molecule has 33 heavy (non-hydrogen) atoms. The Morgan fingerprint density at radius 2 is 0.545 bits per heavy atom. The van der Waals surface area contributed by atoms with Crippen molar-refractivity contribution in [2.24, 2.45) is 35.5 Å². The van der Waals surface area contributed by atoms with Gasteiger partial charge in [0, 0.05) is 6.61 Å². The van der Waals surface area contributed by atoms with Crippen molar-refractivity contribution < 1.29 is 5.11 Å². The van der Waals surface area contributed by atoms with Crippen molar-refractivity contribution in [2.45, 2.75) is 165 Å². The van der Waals surface area contributed by atoms with Crippen LogP contribution in [0.2, 0.25) is 0 Å². The molecule has 0 aliphatic carbocycles. The zero-order valence-electron chi connectivity index (χ0n) is 24.9. The first kappa shape index (κ1) is 35.1. The van der Waals surface area contributed by atoms with Gasteiger partial charge in [-0.3, -0.25) is 0 Å². The van der Waals surface area contributed by atoms with Gasteiger partial charge in [-0.2, -0.15) is 0 Å². The Labute approximate surface area is 212 Å². The van der Waals surface area contributed by atoms with Crippen LogP contribution in [0.1, 0.15) is 165 Å². The predicted octanol–water partition coefficient (Wildman–Crippen LogP) is 11.1. The molecule has 4 atom stereocenters. The topological polar surface area (TPSA) is 20.2 Å². The van der Waals surface area contributed by atoms with Gasteiger partial charge in [-0.1, -0.05) is 158 Å². The first-order valence-corrected chi connectivity index (χ1v) is 15.2. The molecular formula is C32H68O. The summed E-state index contributed by atoms with van der Waals surface area (Å²) in [7, 11) is 0. The van der Waals surface area contributed by atoms with Crippen molar-refractivity contribution >= 4 is 0 Å². The van der Waals surface area contributed by atoms with E-state index in [4.69, 9.17) is 5.11 Å². The minimum atomic E-state index is 0.250. The van der Waals surface area contributed by atoms with Crippen LogP contribution in [-0.2, 0) is 0 Å². The van der Waals surface area contributed by atoms with Gasteiger partial charge in [-0.25, -0.2) is 0 Å². The molecule has 0 aromatic heterocycles. The summed E-state index contributed by atoms with van der Waals surface area (Å²) in [5.41, 5.74) is 0. The summed E-state index contributed by atoms with van der Waals surface area (Å²) in [5.74, 6) is 5.51. The molecular weight excluding hydrogens is 400 g/mol. The Bertz CT molecular complexity index is 328. The highest BCUT2D eigenvalue weighted by atomic mass is 16.2. The van der Waals surface area contributed by atoms with Gasteiger partial charge in [-0.15, -0.1) is 0 Å². The number of hydrogen-bond donors (Lipinski definition) is 1. The van der Waals surface area contributed by atoms with Gasteiger partial charge in [0.1, 0.15) is 0 Å². The van der Waals surface area contributed by atoms with Crippen LogP contribution < -0.4 is 0 Å². The second kappa shape index (κ2) is 25.1. The summed E-state index contributed by atoms with van der Waals surface area (Å²) in [4.78, 5) is 0. The van der Waals surface area contributed by atoms with Gasteiger partial charge in [0.25, 0.3) is 0 Å². The van der Waals surface area contributed by atoms with Crippen LogP contribution in [-0.4, -0.2) is 11.7 Å². The Hall–Kier alpha value is -0.0400. The minimum absolute atomic E-state index is 0.250. The monoisotopic (exact) mass is 469 g/mol. The maximum Gasteiger partial charge on any atom is 0.0402 e.